The Labute approximate surface area is 132 Å². The Bertz CT molecular complexity index is 657. The Morgan fingerprint density at radius 1 is 1.32 bits per heavy atom. The molecule has 1 aromatic carbocycles. The van der Waals surface area contributed by atoms with Crippen LogP contribution in [-0.4, -0.2) is 35.5 Å². The van der Waals surface area contributed by atoms with Crippen molar-refractivity contribution in [3.63, 3.8) is 0 Å². The molecule has 0 bridgehead atoms. The summed E-state index contributed by atoms with van der Waals surface area (Å²) < 4.78 is 0. The molecule has 2 fully saturated rings. The number of rotatable bonds is 4. The number of carbonyl (C=O) groups excluding carboxylic acids is 2. The van der Waals surface area contributed by atoms with Gasteiger partial charge in [0.2, 0.25) is 11.8 Å². The first-order valence-corrected chi connectivity index (χ1v) is 7.44. The van der Waals surface area contributed by atoms with Gasteiger partial charge in [0.1, 0.15) is 11.5 Å². The van der Waals surface area contributed by atoms with Crippen molar-refractivity contribution in [3.8, 4) is 0 Å². The van der Waals surface area contributed by atoms with E-state index in [9.17, 15) is 14.4 Å². The molecule has 1 atom stereocenters. The minimum atomic E-state index is -1.34. The summed E-state index contributed by atoms with van der Waals surface area (Å²) in [7, 11) is 0. The number of para-hydroxylation sites is 1. The van der Waals surface area contributed by atoms with E-state index in [1.165, 1.54) is 4.90 Å². The van der Waals surface area contributed by atoms with Crippen LogP contribution in [0.25, 0.3) is 0 Å². The van der Waals surface area contributed by atoms with Gasteiger partial charge in [-0.05, 0) is 31.4 Å². The van der Waals surface area contributed by atoms with E-state index in [0.717, 1.165) is 0 Å². The number of amides is 2. The molecule has 22 heavy (non-hydrogen) atoms. The van der Waals surface area contributed by atoms with Crippen LogP contribution in [0.15, 0.2) is 24.3 Å². The number of carbonyl (C=O) groups is 3. The highest BCUT2D eigenvalue weighted by Crippen LogP contribution is 2.46. The Morgan fingerprint density at radius 3 is 2.59 bits per heavy atom. The van der Waals surface area contributed by atoms with Crippen LogP contribution in [-0.2, 0) is 14.4 Å². The average molecular weight is 323 g/mol. The minimum absolute atomic E-state index is 0.261. The van der Waals surface area contributed by atoms with Crippen LogP contribution in [0.2, 0.25) is 5.02 Å². The average Bonchev–Trinajstić information content (AvgIpc) is 3.23. The Balaban J connectivity index is 1.71. The maximum Gasteiger partial charge on any atom is 0.319 e. The Kier molecular flexibility index (Phi) is 3.56. The second kappa shape index (κ2) is 5.28. The summed E-state index contributed by atoms with van der Waals surface area (Å²) in [5.74, 6) is -1.96. The number of hydrogen-bond acceptors (Lipinski definition) is 3. The van der Waals surface area contributed by atoms with Crippen molar-refractivity contribution < 1.29 is 19.5 Å². The second-order valence-corrected chi connectivity index (χ2v) is 6.05. The largest absolute Gasteiger partial charge is 0.480 e. The van der Waals surface area contributed by atoms with Crippen molar-refractivity contribution in [2.45, 2.75) is 25.3 Å². The number of hydrogen-bond donors (Lipinski definition) is 2. The summed E-state index contributed by atoms with van der Waals surface area (Å²) in [6, 6.07) is 6.30. The highest BCUT2D eigenvalue weighted by molar-refractivity contribution is 6.34. The first-order valence-electron chi connectivity index (χ1n) is 7.06. The van der Waals surface area contributed by atoms with Crippen LogP contribution in [0.4, 0.5) is 5.69 Å². The molecule has 6 nitrogen and oxygen atoms in total. The van der Waals surface area contributed by atoms with Gasteiger partial charge in [-0.25, -0.2) is 0 Å². The van der Waals surface area contributed by atoms with E-state index >= 15 is 0 Å². The summed E-state index contributed by atoms with van der Waals surface area (Å²) >= 11 is 6.09. The molecule has 2 aliphatic rings. The van der Waals surface area contributed by atoms with Crippen LogP contribution in [0.3, 0.4) is 0 Å². The number of halogens is 1. The lowest BCUT2D eigenvalue weighted by molar-refractivity contribution is -0.149. The number of aliphatic carboxylic acids is 1. The van der Waals surface area contributed by atoms with Crippen molar-refractivity contribution in [2.24, 2.45) is 5.41 Å². The fourth-order valence-corrected chi connectivity index (χ4v) is 2.92. The maximum absolute atomic E-state index is 12.4. The van der Waals surface area contributed by atoms with Gasteiger partial charge in [-0.2, -0.15) is 0 Å². The predicted molar refractivity (Wildman–Crippen MR) is 79.7 cm³/mol. The van der Waals surface area contributed by atoms with E-state index in [2.05, 4.69) is 5.32 Å². The topological polar surface area (TPSA) is 86.7 Å². The van der Waals surface area contributed by atoms with Crippen LogP contribution in [0, 0.1) is 5.41 Å². The molecule has 7 heteroatoms. The molecule has 1 saturated carbocycles. The lowest BCUT2D eigenvalue weighted by Crippen LogP contribution is -2.46. The molecule has 3 rings (SSSR count). The third-order valence-corrected chi connectivity index (χ3v) is 4.57. The zero-order chi connectivity index (χ0) is 15.9. The van der Waals surface area contributed by atoms with E-state index in [1.54, 1.807) is 24.3 Å². The smallest absolute Gasteiger partial charge is 0.319 e. The van der Waals surface area contributed by atoms with E-state index in [-0.39, 0.29) is 5.91 Å². The molecule has 1 aliphatic heterocycles. The number of carboxylic acids is 1. The molecule has 0 spiro atoms. The van der Waals surface area contributed by atoms with Crippen LogP contribution < -0.4 is 10.2 Å². The molecule has 1 heterocycles. The molecule has 1 aromatic rings. The van der Waals surface area contributed by atoms with Gasteiger partial charge in [0.05, 0.1) is 10.7 Å². The molecule has 1 aliphatic carbocycles. The predicted octanol–water partition coefficient (Wildman–Crippen LogP) is 1.43. The molecule has 0 unspecified atom stereocenters. The van der Waals surface area contributed by atoms with E-state index in [4.69, 9.17) is 16.7 Å². The van der Waals surface area contributed by atoms with E-state index in [1.807, 2.05) is 0 Å². The standard InChI is InChI=1S/C15H15ClN2O4/c16-9-3-1-2-4-11(9)18-8-5-10(12(18)19)17-13(20)15(6-7-15)14(21)22/h1-4,10H,5-8H2,(H,17,20)(H,21,22)/t10-/m1/s1. The molecular formula is C15H15ClN2O4. The SMILES string of the molecule is O=C1[C@H](NC(=O)C2(C(=O)O)CC2)CCN1c1ccccc1Cl. The summed E-state index contributed by atoms with van der Waals surface area (Å²) in [5.41, 5.74) is -0.733. The quantitative estimate of drug-likeness (QED) is 0.821. The monoisotopic (exact) mass is 322 g/mol. The number of nitrogens with zero attached hydrogens (tertiary/aromatic N) is 1. The Morgan fingerprint density at radius 2 is 2.00 bits per heavy atom. The summed E-state index contributed by atoms with van der Waals surface area (Å²) in [6.07, 6.45) is 1.08. The third-order valence-electron chi connectivity index (χ3n) is 4.25. The first kappa shape index (κ1) is 14.8. The second-order valence-electron chi connectivity index (χ2n) is 5.64. The highest BCUT2D eigenvalue weighted by atomic mass is 35.5. The molecule has 0 radical (unpaired) electrons. The third kappa shape index (κ3) is 2.33. The van der Waals surface area contributed by atoms with Crippen LogP contribution in [0.5, 0.6) is 0 Å². The van der Waals surface area contributed by atoms with Crippen molar-refractivity contribution in [1.29, 1.82) is 0 Å². The minimum Gasteiger partial charge on any atom is -0.480 e. The van der Waals surface area contributed by atoms with Gasteiger partial charge in [-0.15, -0.1) is 0 Å². The van der Waals surface area contributed by atoms with Crippen molar-refractivity contribution >= 4 is 35.1 Å². The molecule has 2 N–H and O–H groups in total. The van der Waals surface area contributed by atoms with Gasteiger partial charge in [0.15, 0.2) is 0 Å². The number of nitrogens with one attached hydrogen (secondary N) is 1. The summed E-state index contributed by atoms with van der Waals surface area (Å²) in [6.45, 7) is 0.438. The van der Waals surface area contributed by atoms with Gasteiger partial charge in [-0.1, -0.05) is 23.7 Å². The lowest BCUT2D eigenvalue weighted by atomic mass is 10.1. The summed E-state index contributed by atoms with van der Waals surface area (Å²) in [5, 5.41) is 12.1. The van der Waals surface area contributed by atoms with Crippen LogP contribution >= 0.6 is 11.6 Å². The van der Waals surface area contributed by atoms with Crippen molar-refractivity contribution in [3.05, 3.63) is 29.3 Å². The van der Waals surface area contributed by atoms with Crippen LogP contribution in [0.1, 0.15) is 19.3 Å². The van der Waals surface area contributed by atoms with Gasteiger partial charge in [-0.3, -0.25) is 14.4 Å². The molecular weight excluding hydrogens is 308 g/mol. The van der Waals surface area contributed by atoms with Gasteiger partial charge >= 0.3 is 5.97 Å². The zero-order valence-electron chi connectivity index (χ0n) is 11.7. The number of carboxylic acid groups (broad SMARTS) is 1. The van der Waals surface area contributed by atoms with E-state index in [0.29, 0.717) is 36.5 Å². The Hall–Kier alpha value is -2.08. The van der Waals surface area contributed by atoms with Gasteiger partial charge in [0.25, 0.3) is 0 Å². The zero-order valence-corrected chi connectivity index (χ0v) is 12.5. The van der Waals surface area contributed by atoms with E-state index < -0.39 is 23.3 Å². The van der Waals surface area contributed by atoms with Gasteiger partial charge < -0.3 is 15.3 Å². The van der Waals surface area contributed by atoms with Crippen molar-refractivity contribution in [2.75, 3.05) is 11.4 Å². The molecule has 0 aromatic heterocycles. The maximum atomic E-state index is 12.4. The number of benzene rings is 1. The number of anilines is 1. The first-order chi connectivity index (χ1) is 10.5. The summed E-state index contributed by atoms with van der Waals surface area (Å²) in [4.78, 5) is 37.2. The fourth-order valence-electron chi connectivity index (χ4n) is 2.68. The fraction of sp³-hybridized carbons (Fsp3) is 0.400. The molecule has 116 valence electrons. The normalized spacial score (nSPS) is 22.5. The molecule has 2 amide bonds. The highest BCUT2D eigenvalue weighted by Gasteiger charge is 2.57. The molecule has 1 saturated heterocycles. The lowest BCUT2D eigenvalue weighted by Gasteiger charge is -2.19. The van der Waals surface area contributed by atoms with Crippen molar-refractivity contribution in [1.82, 2.24) is 5.32 Å². The van der Waals surface area contributed by atoms with Gasteiger partial charge in [0, 0.05) is 6.54 Å².